The van der Waals surface area contributed by atoms with E-state index in [0.29, 0.717) is 11.6 Å². The number of aromatic nitrogens is 4. The molecule has 120 valence electrons. The van der Waals surface area contributed by atoms with Crippen LogP contribution in [0.1, 0.15) is 37.7 Å². The fourth-order valence-corrected chi connectivity index (χ4v) is 3.25. The number of hydrogen-bond acceptors (Lipinski definition) is 5. The Morgan fingerprint density at radius 1 is 1.17 bits per heavy atom. The van der Waals surface area contributed by atoms with Gasteiger partial charge in [0.05, 0.1) is 35.9 Å². The van der Waals surface area contributed by atoms with Crippen molar-refractivity contribution in [2.24, 2.45) is 0 Å². The van der Waals surface area contributed by atoms with Crippen LogP contribution in [0.3, 0.4) is 0 Å². The molecular weight excluding hydrogens is 300 g/mol. The predicted octanol–water partition coefficient (Wildman–Crippen LogP) is 3.41. The molecule has 4 rings (SSSR count). The minimum Gasteiger partial charge on any atom is -0.366 e. The summed E-state index contributed by atoms with van der Waals surface area (Å²) in [6.45, 7) is 0. The Kier molecular flexibility index (Phi) is 3.83. The number of hydrogen-bond donors (Lipinski definition) is 1. The average molecular weight is 318 g/mol. The van der Waals surface area contributed by atoms with Gasteiger partial charge in [-0.05, 0) is 25.0 Å². The van der Waals surface area contributed by atoms with Crippen LogP contribution in [0.25, 0.3) is 17.0 Å². The van der Waals surface area contributed by atoms with Gasteiger partial charge in [0.15, 0.2) is 0 Å². The summed E-state index contributed by atoms with van der Waals surface area (Å²) >= 11 is 0. The van der Waals surface area contributed by atoms with Crippen LogP contribution in [0, 0.1) is 11.3 Å². The van der Waals surface area contributed by atoms with Crippen LogP contribution in [0.15, 0.2) is 36.9 Å². The third-order valence-electron chi connectivity index (χ3n) is 4.50. The lowest BCUT2D eigenvalue weighted by Gasteiger charge is -2.23. The van der Waals surface area contributed by atoms with Crippen LogP contribution in [-0.4, -0.2) is 25.4 Å². The van der Waals surface area contributed by atoms with Crippen molar-refractivity contribution >= 4 is 11.5 Å². The van der Waals surface area contributed by atoms with Crippen molar-refractivity contribution in [1.82, 2.24) is 19.4 Å². The SMILES string of the molecule is N#Cc1ccn2c(-c3cncc(NC4CCCCC4)n3)cnc2c1. The first-order valence-electron chi connectivity index (χ1n) is 8.29. The molecule has 0 unspecified atom stereocenters. The second-order valence-corrected chi connectivity index (χ2v) is 6.17. The van der Waals surface area contributed by atoms with Gasteiger partial charge >= 0.3 is 0 Å². The fraction of sp³-hybridized carbons (Fsp3) is 0.333. The molecule has 1 aliphatic carbocycles. The second-order valence-electron chi connectivity index (χ2n) is 6.17. The Hall–Kier alpha value is -2.94. The number of imidazole rings is 1. The van der Waals surface area contributed by atoms with Crippen LogP contribution in [0.2, 0.25) is 0 Å². The summed E-state index contributed by atoms with van der Waals surface area (Å²) in [7, 11) is 0. The maximum Gasteiger partial charge on any atom is 0.145 e. The van der Waals surface area contributed by atoms with E-state index in [9.17, 15) is 0 Å². The molecule has 3 aromatic heterocycles. The highest BCUT2D eigenvalue weighted by Crippen LogP contribution is 2.23. The molecule has 1 saturated carbocycles. The number of fused-ring (bicyclic) bond motifs is 1. The number of nitrogens with zero attached hydrogens (tertiary/aromatic N) is 5. The third-order valence-corrected chi connectivity index (χ3v) is 4.50. The Morgan fingerprint density at radius 2 is 2.04 bits per heavy atom. The van der Waals surface area contributed by atoms with Gasteiger partial charge in [0.25, 0.3) is 0 Å². The summed E-state index contributed by atoms with van der Waals surface area (Å²) in [5.41, 5.74) is 2.97. The van der Waals surface area contributed by atoms with Crippen molar-refractivity contribution in [2.75, 3.05) is 5.32 Å². The number of anilines is 1. The van der Waals surface area contributed by atoms with Crippen molar-refractivity contribution < 1.29 is 0 Å². The van der Waals surface area contributed by atoms with Crippen molar-refractivity contribution in [3.05, 3.63) is 42.5 Å². The Balaban J connectivity index is 1.64. The molecule has 1 fully saturated rings. The smallest absolute Gasteiger partial charge is 0.145 e. The maximum atomic E-state index is 9.00. The molecule has 3 heterocycles. The highest BCUT2D eigenvalue weighted by atomic mass is 15.1. The number of rotatable bonds is 3. The van der Waals surface area contributed by atoms with Crippen LogP contribution in [-0.2, 0) is 0 Å². The van der Waals surface area contributed by atoms with Gasteiger partial charge < -0.3 is 5.32 Å². The van der Waals surface area contributed by atoms with Crippen molar-refractivity contribution in [3.8, 4) is 17.5 Å². The molecule has 6 nitrogen and oxygen atoms in total. The van der Waals surface area contributed by atoms with Crippen molar-refractivity contribution in [1.29, 1.82) is 5.26 Å². The minimum absolute atomic E-state index is 0.490. The topological polar surface area (TPSA) is 78.9 Å². The predicted molar refractivity (Wildman–Crippen MR) is 91.4 cm³/mol. The van der Waals surface area contributed by atoms with Crippen LogP contribution < -0.4 is 5.32 Å². The summed E-state index contributed by atoms with van der Waals surface area (Å²) in [5.74, 6) is 0.808. The standard InChI is InChI=1S/C18H18N6/c19-9-13-6-7-24-16(11-21-18(24)8-13)15-10-20-12-17(23-15)22-14-4-2-1-3-5-14/h6-8,10-12,14H,1-5H2,(H,22,23). The van der Waals surface area contributed by atoms with Crippen LogP contribution in [0.5, 0.6) is 0 Å². The maximum absolute atomic E-state index is 9.00. The Labute approximate surface area is 140 Å². The average Bonchev–Trinajstić information content (AvgIpc) is 3.06. The van der Waals surface area contributed by atoms with E-state index in [1.807, 2.05) is 10.6 Å². The third kappa shape index (κ3) is 2.81. The first-order chi connectivity index (χ1) is 11.8. The Bertz CT molecular complexity index is 901. The van der Waals surface area contributed by atoms with Crippen LogP contribution >= 0.6 is 0 Å². The molecule has 0 bridgehead atoms. The van der Waals surface area contributed by atoms with Gasteiger partial charge in [-0.3, -0.25) is 9.38 Å². The fourth-order valence-electron chi connectivity index (χ4n) is 3.25. The van der Waals surface area contributed by atoms with Gasteiger partial charge in [0.1, 0.15) is 17.2 Å². The summed E-state index contributed by atoms with van der Waals surface area (Å²) in [6, 6.07) is 6.16. The second kappa shape index (κ2) is 6.28. The van der Waals surface area contributed by atoms with Gasteiger partial charge in [0, 0.05) is 12.2 Å². The molecule has 1 aliphatic rings. The van der Waals surface area contributed by atoms with Gasteiger partial charge in [-0.2, -0.15) is 5.26 Å². The zero-order valence-electron chi connectivity index (χ0n) is 13.3. The number of nitrogens with one attached hydrogen (secondary N) is 1. The number of nitriles is 1. The Morgan fingerprint density at radius 3 is 2.88 bits per heavy atom. The summed E-state index contributed by atoms with van der Waals surface area (Å²) < 4.78 is 1.93. The van der Waals surface area contributed by atoms with Crippen molar-refractivity contribution in [2.45, 2.75) is 38.1 Å². The molecule has 24 heavy (non-hydrogen) atoms. The normalized spacial score (nSPS) is 15.3. The number of pyridine rings is 1. The zero-order chi connectivity index (χ0) is 16.4. The monoisotopic (exact) mass is 318 g/mol. The van der Waals surface area contributed by atoms with Gasteiger partial charge in [-0.15, -0.1) is 0 Å². The van der Waals surface area contributed by atoms with Crippen molar-refractivity contribution in [3.63, 3.8) is 0 Å². The molecule has 0 aliphatic heterocycles. The highest BCUT2D eigenvalue weighted by molar-refractivity contribution is 5.61. The van der Waals surface area contributed by atoms with E-state index >= 15 is 0 Å². The summed E-state index contributed by atoms with van der Waals surface area (Å²) in [5, 5.41) is 12.5. The van der Waals surface area contributed by atoms with E-state index < -0.39 is 0 Å². The molecule has 0 amide bonds. The van der Waals surface area contributed by atoms with E-state index in [-0.39, 0.29) is 0 Å². The lowest BCUT2D eigenvalue weighted by atomic mass is 9.95. The molecule has 1 N–H and O–H groups in total. The molecule has 0 saturated heterocycles. The molecule has 6 heteroatoms. The minimum atomic E-state index is 0.490. The van der Waals surface area contributed by atoms with Gasteiger partial charge in [-0.1, -0.05) is 19.3 Å². The largest absolute Gasteiger partial charge is 0.366 e. The first-order valence-corrected chi connectivity index (χ1v) is 8.29. The van der Waals surface area contributed by atoms with E-state index in [1.165, 1.54) is 32.1 Å². The molecular formula is C18H18N6. The van der Waals surface area contributed by atoms with Crippen LogP contribution in [0.4, 0.5) is 5.82 Å². The summed E-state index contributed by atoms with van der Waals surface area (Å²) in [6.07, 6.45) is 13.4. The molecule has 0 atom stereocenters. The van der Waals surface area contributed by atoms with E-state index in [1.54, 1.807) is 30.7 Å². The zero-order valence-corrected chi connectivity index (χ0v) is 13.3. The summed E-state index contributed by atoms with van der Waals surface area (Å²) in [4.78, 5) is 13.4. The van der Waals surface area contributed by atoms with Gasteiger partial charge in [-0.25, -0.2) is 9.97 Å². The van der Waals surface area contributed by atoms with E-state index in [0.717, 1.165) is 22.9 Å². The van der Waals surface area contributed by atoms with E-state index in [2.05, 4.69) is 21.4 Å². The van der Waals surface area contributed by atoms with E-state index in [4.69, 9.17) is 10.2 Å². The molecule has 3 aromatic rings. The quantitative estimate of drug-likeness (QED) is 0.800. The lowest BCUT2D eigenvalue weighted by molar-refractivity contribution is 0.462. The molecule has 0 spiro atoms. The first kappa shape index (κ1) is 14.6. The van der Waals surface area contributed by atoms with Gasteiger partial charge in [0.2, 0.25) is 0 Å². The lowest BCUT2D eigenvalue weighted by Crippen LogP contribution is -2.22. The molecule has 0 radical (unpaired) electrons. The molecule has 0 aromatic carbocycles. The highest BCUT2D eigenvalue weighted by Gasteiger charge is 2.15.